The van der Waals surface area contributed by atoms with E-state index in [0.717, 1.165) is 11.5 Å². The summed E-state index contributed by atoms with van der Waals surface area (Å²) in [6, 6.07) is 5.06. The molecule has 0 aliphatic carbocycles. The summed E-state index contributed by atoms with van der Waals surface area (Å²) < 4.78 is 3.64. The van der Waals surface area contributed by atoms with Gasteiger partial charge >= 0.3 is 0 Å². The summed E-state index contributed by atoms with van der Waals surface area (Å²) in [5.74, 6) is -0.0563. The monoisotopic (exact) mass is 272 g/mol. The molecule has 16 heavy (non-hydrogen) atoms. The highest BCUT2D eigenvalue weighted by Gasteiger charge is 2.12. The van der Waals surface area contributed by atoms with Gasteiger partial charge < -0.3 is 0 Å². The third-order valence-electron chi connectivity index (χ3n) is 1.99. The smallest absolute Gasteiger partial charge is 0.180 e. The van der Waals surface area contributed by atoms with Crippen molar-refractivity contribution in [2.75, 3.05) is 0 Å². The lowest BCUT2D eigenvalue weighted by atomic mass is 10.1. The van der Waals surface area contributed by atoms with Gasteiger partial charge in [-0.15, -0.1) is 5.10 Å². The van der Waals surface area contributed by atoms with Gasteiger partial charge in [0.1, 0.15) is 4.88 Å². The van der Waals surface area contributed by atoms with E-state index < -0.39 is 0 Å². The van der Waals surface area contributed by atoms with Crippen molar-refractivity contribution in [1.82, 2.24) is 9.59 Å². The standard InChI is InChI=1S/C10H6Cl2N2OS/c11-7-1-2-8(12)6(3-7)4-9(15)10-5-13-14-16-10/h1-3,5H,4H2. The van der Waals surface area contributed by atoms with E-state index in [1.54, 1.807) is 18.2 Å². The van der Waals surface area contributed by atoms with E-state index in [0.29, 0.717) is 20.5 Å². The number of rotatable bonds is 3. The first kappa shape index (κ1) is 11.5. The Morgan fingerprint density at radius 1 is 1.38 bits per heavy atom. The SMILES string of the molecule is O=C(Cc1cc(Cl)ccc1Cl)c1cnns1. The predicted molar refractivity (Wildman–Crippen MR) is 64.4 cm³/mol. The number of hydrogen-bond donors (Lipinski definition) is 0. The van der Waals surface area contributed by atoms with Gasteiger partial charge in [-0.05, 0) is 35.3 Å². The van der Waals surface area contributed by atoms with Crippen LogP contribution < -0.4 is 0 Å². The summed E-state index contributed by atoms with van der Waals surface area (Å²) >= 11 is 12.9. The first-order valence-electron chi connectivity index (χ1n) is 4.41. The number of carbonyl (C=O) groups excluding carboxylic acids is 1. The van der Waals surface area contributed by atoms with E-state index in [9.17, 15) is 4.79 Å². The normalized spacial score (nSPS) is 10.4. The van der Waals surface area contributed by atoms with Crippen LogP contribution in [-0.4, -0.2) is 15.4 Å². The molecule has 2 aromatic rings. The fourth-order valence-electron chi connectivity index (χ4n) is 1.23. The molecule has 0 aliphatic rings. The molecule has 0 N–H and O–H groups in total. The van der Waals surface area contributed by atoms with E-state index in [1.807, 2.05) is 0 Å². The topological polar surface area (TPSA) is 42.9 Å². The second-order valence-electron chi connectivity index (χ2n) is 3.12. The Bertz CT molecular complexity index is 514. The Morgan fingerprint density at radius 3 is 2.88 bits per heavy atom. The lowest BCUT2D eigenvalue weighted by Gasteiger charge is -2.02. The average molecular weight is 273 g/mol. The maximum Gasteiger partial charge on any atom is 0.180 e. The Labute approximate surface area is 106 Å². The van der Waals surface area contributed by atoms with Crippen LogP contribution in [0.5, 0.6) is 0 Å². The molecule has 6 heteroatoms. The summed E-state index contributed by atoms with van der Waals surface area (Å²) in [4.78, 5) is 12.3. The zero-order chi connectivity index (χ0) is 11.5. The van der Waals surface area contributed by atoms with E-state index in [1.165, 1.54) is 6.20 Å². The Hall–Kier alpha value is -0.970. The van der Waals surface area contributed by atoms with Gasteiger partial charge in [0.2, 0.25) is 0 Å². The molecule has 1 aromatic heterocycles. The van der Waals surface area contributed by atoms with Gasteiger partial charge in [0, 0.05) is 16.5 Å². The van der Waals surface area contributed by atoms with E-state index >= 15 is 0 Å². The quantitative estimate of drug-likeness (QED) is 0.806. The van der Waals surface area contributed by atoms with Gasteiger partial charge in [0.15, 0.2) is 5.78 Å². The van der Waals surface area contributed by atoms with Gasteiger partial charge in [0.05, 0.1) is 6.20 Å². The lowest BCUT2D eigenvalue weighted by Crippen LogP contribution is -2.01. The van der Waals surface area contributed by atoms with Crippen LogP contribution >= 0.6 is 34.7 Å². The van der Waals surface area contributed by atoms with Crippen LogP contribution in [-0.2, 0) is 6.42 Å². The summed E-state index contributed by atoms with van der Waals surface area (Å²) in [6.45, 7) is 0. The molecule has 1 aromatic carbocycles. The number of nitrogens with zero attached hydrogens (tertiary/aromatic N) is 2. The molecule has 0 fully saturated rings. The molecule has 2 rings (SSSR count). The highest BCUT2D eigenvalue weighted by molar-refractivity contribution is 7.07. The fraction of sp³-hybridized carbons (Fsp3) is 0.100. The molecular weight excluding hydrogens is 267 g/mol. The van der Waals surface area contributed by atoms with Crippen molar-refractivity contribution in [3.05, 3.63) is 44.9 Å². The van der Waals surface area contributed by atoms with Gasteiger partial charge in [-0.25, -0.2) is 0 Å². The minimum absolute atomic E-state index is 0.0563. The highest BCUT2D eigenvalue weighted by Crippen LogP contribution is 2.22. The van der Waals surface area contributed by atoms with E-state index in [-0.39, 0.29) is 12.2 Å². The van der Waals surface area contributed by atoms with Crippen LogP contribution in [0.1, 0.15) is 15.2 Å². The predicted octanol–water partition coefficient (Wildman–Crippen LogP) is 3.27. The van der Waals surface area contributed by atoms with Crippen molar-refractivity contribution in [2.45, 2.75) is 6.42 Å². The van der Waals surface area contributed by atoms with Crippen molar-refractivity contribution in [2.24, 2.45) is 0 Å². The number of ketones is 1. The summed E-state index contributed by atoms with van der Waals surface area (Å²) in [6.07, 6.45) is 1.66. The van der Waals surface area contributed by atoms with Crippen LogP contribution in [0.2, 0.25) is 10.0 Å². The molecule has 0 amide bonds. The van der Waals surface area contributed by atoms with Crippen LogP contribution in [0.15, 0.2) is 24.4 Å². The van der Waals surface area contributed by atoms with Crippen molar-refractivity contribution in [1.29, 1.82) is 0 Å². The number of hydrogen-bond acceptors (Lipinski definition) is 4. The molecule has 0 unspecified atom stereocenters. The van der Waals surface area contributed by atoms with E-state index in [2.05, 4.69) is 9.59 Å². The first-order chi connectivity index (χ1) is 7.66. The molecule has 3 nitrogen and oxygen atoms in total. The highest BCUT2D eigenvalue weighted by atomic mass is 35.5. The van der Waals surface area contributed by atoms with Crippen LogP contribution in [0.3, 0.4) is 0 Å². The van der Waals surface area contributed by atoms with Crippen LogP contribution in [0.4, 0.5) is 0 Å². The van der Waals surface area contributed by atoms with Crippen molar-refractivity contribution < 1.29 is 4.79 Å². The molecule has 0 aliphatic heterocycles. The van der Waals surface area contributed by atoms with Gasteiger partial charge in [-0.2, -0.15) is 0 Å². The third kappa shape index (κ3) is 2.58. The number of halogens is 2. The summed E-state index contributed by atoms with van der Waals surface area (Å²) in [7, 11) is 0. The first-order valence-corrected chi connectivity index (χ1v) is 5.94. The Kier molecular flexibility index (Phi) is 3.53. The minimum Gasteiger partial charge on any atom is -0.293 e. The summed E-state index contributed by atoms with van der Waals surface area (Å²) in [5, 5.41) is 4.72. The molecule has 82 valence electrons. The maximum atomic E-state index is 11.8. The van der Waals surface area contributed by atoms with Crippen LogP contribution in [0, 0.1) is 0 Å². The van der Waals surface area contributed by atoms with Crippen LogP contribution in [0.25, 0.3) is 0 Å². The lowest BCUT2D eigenvalue weighted by molar-refractivity contribution is 0.0996. The van der Waals surface area contributed by atoms with Crippen molar-refractivity contribution in [3.8, 4) is 0 Å². The average Bonchev–Trinajstić information content (AvgIpc) is 2.76. The second-order valence-corrected chi connectivity index (χ2v) is 4.75. The molecule has 0 bridgehead atoms. The molecular formula is C10H6Cl2N2OS. The number of benzene rings is 1. The summed E-state index contributed by atoms with van der Waals surface area (Å²) in [5.41, 5.74) is 0.715. The molecule has 0 radical (unpaired) electrons. The molecule has 0 saturated heterocycles. The zero-order valence-corrected chi connectivity index (χ0v) is 10.3. The minimum atomic E-state index is -0.0563. The largest absolute Gasteiger partial charge is 0.293 e. The third-order valence-corrected chi connectivity index (χ3v) is 3.30. The number of aromatic nitrogens is 2. The number of Topliss-reactive ketones (excluding diaryl/α,β-unsaturated/α-hetero) is 1. The molecule has 1 heterocycles. The van der Waals surface area contributed by atoms with E-state index in [4.69, 9.17) is 23.2 Å². The van der Waals surface area contributed by atoms with Gasteiger partial charge in [0.25, 0.3) is 0 Å². The van der Waals surface area contributed by atoms with Gasteiger partial charge in [-0.1, -0.05) is 27.7 Å². The van der Waals surface area contributed by atoms with Crippen molar-refractivity contribution >= 4 is 40.5 Å². The maximum absolute atomic E-state index is 11.8. The Morgan fingerprint density at radius 2 is 2.19 bits per heavy atom. The molecule has 0 saturated carbocycles. The molecule has 0 spiro atoms. The zero-order valence-electron chi connectivity index (χ0n) is 7.98. The fourth-order valence-corrected chi connectivity index (χ4v) is 2.06. The molecule has 0 atom stereocenters. The second kappa shape index (κ2) is 4.91. The van der Waals surface area contributed by atoms with Gasteiger partial charge in [-0.3, -0.25) is 4.79 Å². The number of carbonyl (C=O) groups is 1. The Balaban J connectivity index is 2.21. The van der Waals surface area contributed by atoms with Crippen molar-refractivity contribution in [3.63, 3.8) is 0 Å².